The number of nitrogens with zero attached hydrogens (tertiary/aromatic N) is 2. The summed E-state index contributed by atoms with van der Waals surface area (Å²) in [6, 6.07) is 3.81. The highest BCUT2D eigenvalue weighted by atomic mass is 16.5. The summed E-state index contributed by atoms with van der Waals surface area (Å²) in [5, 5.41) is 23.4. The van der Waals surface area contributed by atoms with Crippen molar-refractivity contribution in [3.05, 3.63) is 23.3 Å². The molecule has 0 aromatic heterocycles. The van der Waals surface area contributed by atoms with E-state index < -0.39 is 11.0 Å². The third-order valence-electron chi connectivity index (χ3n) is 10.5. The molecule has 7 rings (SSSR count). The molecule has 1 unspecified atom stereocenters. The van der Waals surface area contributed by atoms with Crippen molar-refractivity contribution in [3.8, 4) is 11.5 Å². The minimum Gasteiger partial charge on any atom is -0.504 e. The van der Waals surface area contributed by atoms with E-state index in [1.165, 1.54) is 24.8 Å². The molecule has 1 saturated heterocycles. The van der Waals surface area contributed by atoms with Crippen molar-refractivity contribution >= 4 is 5.91 Å². The van der Waals surface area contributed by atoms with E-state index in [2.05, 4.69) is 11.0 Å². The number of aliphatic hydroxyl groups is 1. The molecule has 2 N–H and O–H groups in total. The van der Waals surface area contributed by atoms with Gasteiger partial charge < -0.3 is 19.8 Å². The minimum absolute atomic E-state index is 0.0799. The van der Waals surface area contributed by atoms with E-state index in [0.717, 1.165) is 69.5 Å². The van der Waals surface area contributed by atoms with Crippen molar-refractivity contribution < 1.29 is 19.7 Å². The third kappa shape index (κ3) is 2.73. The normalized spacial score (nSPS) is 38.8. The molecule has 2 aliphatic heterocycles. The fourth-order valence-corrected chi connectivity index (χ4v) is 8.65. The van der Waals surface area contributed by atoms with Crippen LogP contribution in [0.25, 0.3) is 0 Å². The lowest BCUT2D eigenvalue weighted by atomic mass is 9.48. The van der Waals surface area contributed by atoms with Crippen molar-refractivity contribution in [2.24, 2.45) is 11.8 Å². The van der Waals surface area contributed by atoms with E-state index in [-0.39, 0.29) is 35.8 Å². The van der Waals surface area contributed by atoms with Crippen LogP contribution in [0.4, 0.5) is 0 Å². The van der Waals surface area contributed by atoms with Crippen LogP contribution >= 0.6 is 0 Å². The van der Waals surface area contributed by atoms with Gasteiger partial charge in [-0.25, -0.2) is 0 Å². The topological polar surface area (TPSA) is 73.2 Å². The van der Waals surface area contributed by atoms with Gasteiger partial charge in [-0.2, -0.15) is 0 Å². The molecule has 6 heteroatoms. The molecule has 2 heterocycles. The Bertz CT molecular complexity index is 1020. The zero-order valence-electron chi connectivity index (χ0n) is 20.3. The van der Waals surface area contributed by atoms with Gasteiger partial charge in [-0.3, -0.25) is 9.69 Å². The highest BCUT2D eigenvalue weighted by Gasteiger charge is 2.73. The summed E-state index contributed by atoms with van der Waals surface area (Å²) in [5.41, 5.74) is 0.823. The summed E-state index contributed by atoms with van der Waals surface area (Å²) in [6.07, 6.45) is 10.8. The Morgan fingerprint density at radius 2 is 1.94 bits per heavy atom. The van der Waals surface area contributed by atoms with Crippen LogP contribution in [-0.2, 0) is 16.6 Å². The first-order chi connectivity index (χ1) is 16.4. The molecular formula is C28H38N2O4. The summed E-state index contributed by atoms with van der Waals surface area (Å²) in [5.74, 6) is 1.88. The summed E-state index contributed by atoms with van der Waals surface area (Å²) in [7, 11) is 1.96. The lowest BCUT2D eigenvalue weighted by Crippen LogP contribution is -2.78. The molecular weight excluding hydrogens is 428 g/mol. The largest absolute Gasteiger partial charge is 0.504 e. The van der Waals surface area contributed by atoms with Crippen molar-refractivity contribution in [2.75, 3.05) is 20.1 Å². The first-order valence-corrected chi connectivity index (χ1v) is 13.7. The molecule has 34 heavy (non-hydrogen) atoms. The van der Waals surface area contributed by atoms with Crippen LogP contribution in [0.1, 0.15) is 75.3 Å². The monoisotopic (exact) mass is 466 g/mol. The second-order valence-electron chi connectivity index (χ2n) is 12.2. The zero-order chi connectivity index (χ0) is 23.2. The number of aromatic hydroxyl groups is 1. The number of hydrogen-bond donors (Lipinski definition) is 2. The van der Waals surface area contributed by atoms with Crippen LogP contribution < -0.4 is 4.74 Å². The molecule has 3 saturated carbocycles. The second-order valence-corrected chi connectivity index (χ2v) is 12.2. The second kappa shape index (κ2) is 7.36. The summed E-state index contributed by atoms with van der Waals surface area (Å²) >= 11 is 0. The number of hydrogen-bond acceptors (Lipinski definition) is 5. The molecule has 5 atom stereocenters. The van der Waals surface area contributed by atoms with Gasteiger partial charge in [-0.05, 0) is 75.5 Å². The Kier molecular flexibility index (Phi) is 4.65. The number of carbonyl (C=O) groups excluding carboxylic acids is 1. The first kappa shape index (κ1) is 21.5. The average Bonchev–Trinajstić information content (AvgIpc) is 3.59. The van der Waals surface area contributed by atoms with Crippen LogP contribution in [0.3, 0.4) is 0 Å². The number of piperidine rings is 1. The van der Waals surface area contributed by atoms with E-state index >= 15 is 0 Å². The number of amides is 1. The molecule has 184 valence electrons. The SMILES string of the molecule is CN(C(=O)C1CCCCC1)C1CC[C@@]2(O)[C@H]3Cc4ccc(O)c5c4[C@@]2(CCN3CC2CC2)[C@H]1O5. The lowest BCUT2D eigenvalue weighted by molar-refractivity contribution is -0.201. The molecule has 1 aromatic carbocycles. The van der Waals surface area contributed by atoms with Crippen molar-refractivity contribution in [2.45, 2.75) is 99.8 Å². The quantitative estimate of drug-likeness (QED) is 0.712. The fraction of sp³-hybridized carbons (Fsp3) is 0.750. The van der Waals surface area contributed by atoms with E-state index in [0.29, 0.717) is 12.2 Å². The molecule has 1 amide bonds. The Balaban J connectivity index is 1.29. The molecule has 6 nitrogen and oxygen atoms in total. The standard InChI is InChI=1S/C28H38N2O4/c1-29(26(32)18-5-3-2-4-6-18)20-11-12-28(33)22-15-19-9-10-21(31)24-23(19)27(28,25(20)34-24)13-14-30(22)16-17-7-8-17/h9-10,17-18,20,22,25,31,33H,2-8,11-16H2,1H3/t20?,22-,25+,27+,28-/m1/s1. The van der Waals surface area contributed by atoms with E-state index in [9.17, 15) is 15.0 Å². The molecule has 2 bridgehead atoms. The van der Waals surface area contributed by atoms with Crippen LogP contribution in [0.5, 0.6) is 11.5 Å². The molecule has 1 spiro atoms. The van der Waals surface area contributed by atoms with Crippen molar-refractivity contribution in [1.29, 1.82) is 0 Å². The number of rotatable bonds is 4. The van der Waals surface area contributed by atoms with Gasteiger partial charge in [-0.1, -0.05) is 25.3 Å². The third-order valence-corrected chi connectivity index (χ3v) is 10.5. The molecule has 4 aliphatic carbocycles. The van der Waals surface area contributed by atoms with Gasteiger partial charge in [-0.15, -0.1) is 0 Å². The number of ether oxygens (including phenoxy) is 1. The molecule has 1 aromatic rings. The number of carbonyl (C=O) groups is 1. The maximum Gasteiger partial charge on any atom is 0.225 e. The van der Waals surface area contributed by atoms with E-state index in [4.69, 9.17) is 4.74 Å². The molecule has 6 aliphatic rings. The van der Waals surface area contributed by atoms with Crippen LogP contribution in [0, 0.1) is 11.8 Å². The van der Waals surface area contributed by atoms with Crippen LogP contribution in [-0.4, -0.2) is 69.8 Å². The Hall–Kier alpha value is -1.79. The van der Waals surface area contributed by atoms with Crippen LogP contribution in [0.2, 0.25) is 0 Å². The van der Waals surface area contributed by atoms with Gasteiger partial charge in [0, 0.05) is 31.1 Å². The number of phenolic OH excluding ortho intramolecular Hbond substituents is 1. The van der Waals surface area contributed by atoms with Gasteiger partial charge in [0.2, 0.25) is 5.91 Å². The maximum atomic E-state index is 13.6. The maximum absolute atomic E-state index is 13.6. The van der Waals surface area contributed by atoms with E-state index in [1.807, 2.05) is 11.9 Å². The highest BCUT2D eigenvalue weighted by Crippen LogP contribution is 2.66. The van der Waals surface area contributed by atoms with Gasteiger partial charge in [0.05, 0.1) is 17.1 Å². The Morgan fingerprint density at radius 1 is 1.15 bits per heavy atom. The van der Waals surface area contributed by atoms with Crippen molar-refractivity contribution in [1.82, 2.24) is 9.80 Å². The highest BCUT2D eigenvalue weighted by molar-refractivity contribution is 5.79. The van der Waals surface area contributed by atoms with Crippen LogP contribution in [0.15, 0.2) is 12.1 Å². The molecule has 4 fully saturated rings. The van der Waals surface area contributed by atoms with Crippen molar-refractivity contribution in [3.63, 3.8) is 0 Å². The summed E-state index contributed by atoms with van der Waals surface area (Å²) in [4.78, 5) is 18.1. The minimum atomic E-state index is -0.887. The lowest BCUT2D eigenvalue weighted by Gasteiger charge is -2.64. The Morgan fingerprint density at radius 3 is 2.71 bits per heavy atom. The summed E-state index contributed by atoms with van der Waals surface area (Å²) in [6.45, 7) is 2.03. The smallest absolute Gasteiger partial charge is 0.225 e. The van der Waals surface area contributed by atoms with Gasteiger partial charge >= 0.3 is 0 Å². The number of phenols is 1. The predicted molar refractivity (Wildman–Crippen MR) is 128 cm³/mol. The Labute approximate surface area is 202 Å². The predicted octanol–water partition coefficient (Wildman–Crippen LogP) is 3.36. The van der Waals surface area contributed by atoms with Gasteiger partial charge in [0.1, 0.15) is 6.10 Å². The average molecular weight is 467 g/mol. The zero-order valence-corrected chi connectivity index (χ0v) is 20.3. The number of likely N-dealkylation sites (N-methyl/N-ethyl adjacent to an activating group) is 1. The number of benzene rings is 1. The van der Waals surface area contributed by atoms with Gasteiger partial charge in [0.25, 0.3) is 0 Å². The number of likely N-dealkylation sites (tertiary alicyclic amines) is 1. The fourth-order valence-electron chi connectivity index (χ4n) is 8.65. The molecule has 0 radical (unpaired) electrons. The summed E-state index contributed by atoms with van der Waals surface area (Å²) < 4.78 is 6.65. The first-order valence-electron chi connectivity index (χ1n) is 13.7. The van der Waals surface area contributed by atoms with Gasteiger partial charge in [0.15, 0.2) is 11.5 Å². The van der Waals surface area contributed by atoms with E-state index in [1.54, 1.807) is 6.07 Å².